The van der Waals surface area contributed by atoms with Gasteiger partial charge in [0.15, 0.2) is 0 Å². The maximum atomic E-state index is 12.5. The average Bonchev–Trinajstić information content (AvgIpc) is 2.94. The zero-order valence-corrected chi connectivity index (χ0v) is 17.7. The topological polar surface area (TPSA) is 51.5 Å². The Labute approximate surface area is 170 Å². The van der Waals surface area contributed by atoms with Gasteiger partial charge in [0.25, 0.3) is 0 Å². The van der Waals surface area contributed by atoms with Crippen molar-refractivity contribution in [2.45, 2.75) is 32.6 Å². The number of amides is 1. The summed E-state index contributed by atoms with van der Waals surface area (Å²) >= 11 is 1.64. The van der Waals surface area contributed by atoms with E-state index >= 15 is 0 Å². The summed E-state index contributed by atoms with van der Waals surface area (Å²) in [7, 11) is 0. The number of nitrogens with one attached hydrogen (secondary N) is 1. The van der Waals surface area contributed by atoms with Crippen LogP contribution in [0.4, 0.5) is 5.69 Å². The zero-order chi connectivity index (χ0) is 20.3. The average molecular weight is 396 g/mol. The second-order valence-corrected chi connectivity index (χ2v) is 7.49. The first kappa shape index (κ1) is 20.1. The van der Waals surface area contributed by atoms with Crippen LogP contribution < -0.4 is 10.1 Å². The number of hydrogen-bond acceptors (Lipinski definition) is 4. The fraction of sp³-hybridized carbons (Fsp3) is 0.261. The molecule has 0 aliphatic rings. The van der Waals surface area contributed by atoms with Gasteiger partial charge in [-0.1, -0.05) is 6.07 Å². The molecule has 0 aliphatic carbocycles. The second-order valence-electron chi connectivity index (χ2n) is 6.61. The van der Waals surface area contributed by atoms with Crippen molar-refractivity contribution in [3.05, 3.63) is 59.4 Å². The molecule has 4 nitrogen and oxygen atoms in total. The number of ether oxygens (including phenoxy) is 1. The Morgan fingerprint density at radius 3 is 2.75 bits per heavy atom. The number of carbonyl (C=O) groups is 1. The molecule has 0 bridgehead atoms. The molecule has 3 rings (SSSR count). The largest absolute Gasteiger partial charge is 0.493 e. The molecule has 2 aromatic carbocycles. The number of anilines is 1. The second kappa shape index (κ2) is 8.57. The fourth-order valence-electron chi connectivity index (χ4n) is 3.11. The molecular formula is C23H25NO3S. The molecule has 1 N–H and O–H groups in total. The van der Waals surface area contributed by atoms with Crippen molar-refractivity contribution in [2.75, 3.05) is 18.2 Å². The molecule has 1 amide bonds. The summed E-state index contributed by atoms with van der Waals surface area (Å²) in [4.78, 5) is 13.7. The summed E-state index contributed by atoms with van der Waals surface area (Å²) in [5.41, 5.74) is 4.41. The lowest BCUT2D eigenvalue weighted by Crippen LogP contribution is -2.08. The van der Waals surface area contributed by atoms with Gasteiger partial charge in [-0.15, -0.1) is 11.8 Å². The van der Waals surface area contributed by atoms with E-state index in [1.807, 2.05) is 70.3 Å². The van der Waals surface area contributed by atoms with E-state index in [-0.39, 0.29) is 5.91 Å². The van der Waals surface area contributed by atoms with Crippen molar-refractivity contribution in [2.24, 2.45) is 0 Å². The molecule has 0 atom stereocenters. The van der Waals surface area contributed by atoms with Crippen molar-refractivity contribution >= 4 is 39.9 Å². The van der Waals surface area contributed by atoms with E-state index in [0.717, 1.165) is 49.8 Å². The molecule has 1 heterocycles. The van der Waals surface area contributed by atoms with Crippen molar-refractivity contribution in [1.29, 1.82) is 0 Å². The molecule has 5 heteroatoms. The third kappa shape index (κ3) is 4.25. The molecule has 146 valence electrons. The molecule has 0 spiro atoms. The molecule has 0 fully saturated rings. The fourth-order valence-corrected chi connectivity index (χ4v) is 3.57. The van der Waals surface area contributed by atoms with Gasteiger partial charge in [-0.25, -0.2) is 0 Å². The number of furan rings is 1. The molecule has 0 aliphatic heterocycles. The van der Waals surface area contributed by atoms with Crippen molar-refractivity contribution in [1.82, 2.24) is 0 Å². The third-order valence-electron chi connectivity index (χ3n) is 4.69. The SMILES string of the molecule is CCOc1cc2oc(C)c(C)c2cc1/C(C)=C/C(=O)Nc1cccc(SC)c1. The molecule has 0 unspecified atom stereocenters. The number of fused-ring (bicyclic) bond motifs is 1. The summed E-state index contributed by atoms with van der Waals surface area (Å²) in [6.07, 6.45) is 3.62. The monoisotopic (exact) mass is 395 g/mol. The van der Waals surface area contributed by atoms with Crippen LogP contribution in [0.15, 0.2) is 51.8 Å². The number of carbonyl (C=O) groups excluding carboxylic acids is 1. The van der Waals surface area contributed by atoms with E-state index in [4.69, 9.17) is 9.15 Å². The Kier molecular flexibility index (Phi) is 6.15. The Morgan fingerprint density at radius 1 is 1.25 bits per heavy atom. The molecule has 28 heavy (non-hydrogen) atoms. The van der Waals surface area contributed by atoms with Crippen molar-refractivity contribution < 1.29 is 13.9 Å². The number of benzene rings is 2. The van der Waals surface area contributed by atoms with Crippen molar-refractivity contribution in [3.8, 4) is 5.75 Å². The molecule has 0 saturated carbocycles. The first-order chi connectivity index (χ1) is 13.4. The highest BCUT2D eigenvalue weighted by molar-refractivity contribution is 7.98. The van der Waals surface area contributed by atoms with E-state index in [0.29, 0.717) is 6.61 Å². The molecule has 1 aromatic heterocycles. The van der Waals surface area contributed by atoms with Gasteiger partial charge >= 0.3 is 0 Å². The predicted molar refractivity (Wildman–Crippen MR) is 117 cm³/mol. The summed E-state index contributed by atoms with van der Waals surface area (Å²) < 4.78 is 11.6. The molecule has 3 aromatic rings. The summed E-state index contributed by atoms with van der Waals surface area (Å²) in [5, 5.41) is 3.97. The minimum absolute atomic E-state index is 0.168. The van der Waals surface area contributed by atoms with Gasteiger partial charge in [-0.3, -0.25) is 4.79 Å². The van der Waals surface area contributed by atoms with Crippen molar-refractivity contribution in [3.63, 3.8) is 0 Å². The summed E-state index contributed by atoms with van der Waals surface area (Å²) in [5.74, 6) is 1.44. The highest BCUT2D eigenvalue weighted by Crippen LogP contribution is 2.35. The molecule has 0 radical (unpaired) electrons. The maximum absolute atomic E-state index is 12.5. The van der Waals surface area contributed by atoms with Gasteiger partial charge in [0.1, 0.15) is 17.1 Å². The van der Waals surface area contributed by atoms with E-state index in [9.17, 15) is 4.79 Å². The van der Waals surface area contributed by atoms with Crippen LogP contribution in [-0.4, -0.2) is 18.8 Å². The Hall–Kier alpha value is -2.66. The van der Waals surface area contributed by atoms with Gasteiger partial charge in [0.05, 0.1) is 6.61 Å². The van der Waals surface area contributed by atoms with E-state index in [2.05, 4.69) is 5.32 Å². The quantitative estimate of drug-likeness (QED) is 0.398. The molecule has 0 saturated heterocycles. The van der Waals surface area contributed by atoms with Crippen LogP contribution in [0.2, 0.25) is 0 Å². The number of thioether (sulfide) groups is 1. The van der Waals surface area contributed by atoms with Gasteiger partial charge in [0.2, 0.25) is 5.91 Å². The van der Waals surface area contributed by atoms with E-state index in [1.165, 1.54) is 0 Å². The van der Waals surface area contributed by atoms with E-state index < -0.39 is 0 Å². The minimum atomic E-state index is -0.168. The van der Waals surface area contributed by atoms with Crippen LogP contribution in [0.5, 0.6) is 5.75 Å². The van der Waals surface area contributed by atoms with Gasteiger partial charge in [-0.05, 0) is 69.4 Å². The smallest absolute Gasteiger partial charge is 0.248 e. The first-order valence-electron chi connectivity index (χ1n) is 9.23. The van der Waals surface area contributed by atoms with Gasteiger partial charge in [-0.2, -0.15) is 0 Å². The Balaban J connectivity index is 1.93. The first-order valence-corrected chi connectivity index (χ1v) is 10.5. The summed E-state index contributed by atoms with van der Waals surface area (Å²) in [6.45, 7) is 8.39. The van der Waals surface area contributed by atoms with Gasteiger partial charge < -0.3 is 14.5 Å². The van der Waals surface area contributed by atoms with Crippen LogP contribution >= 0.6 is 11.8 Å². The lowest BCUT2D eigenvalue weighted by molar-refractivity contribution is -0.111. The Bertz CT molecular complexity index is 1050. The minimum Gasteiger partial charge on any atom is -0.493 e. The number of aryl methyl sites for hydroxylation is 2. The summed E-state index contributed by atoms with van der Waals surface area (Å²) in [6, 6.07) is 11.7. The highest BCUT2D eigenvalue weighted by atomic mass is 32.2. The standard InChI is InChI=1S/C23H25NO3S/c1-6-26-21-13-22-20(15(3)16(4)27-22)12-19(21)14(2)10-23(25)24-17-8-7-9-18(11-17)28-5/h7-13H,6H2,1-5H3,(H,24,25)/b14-10+. The van der Waals surface area contributed by atoms with Crippen LogP contribution in [0.3, 0.4) is 0 Å². The number of allylic oxidation sites excluding steroid dienone is 1. The van der Waals surface area contributed by atoms with Crippen LogP contribution in [0.1, 0.15) is 30.7 Å². The maximum Gasteiger partial charge on any atom is 0.248 e. The zero-order valence-electron chi connectivity index (χ0n) is 16.9. The Morgan fingerprint density at radius 2 is 2.04 bits per heavy atom. The van der Waals surface area contributed by atoms with Crippen LogP contribution in [0, 0.1) is 13.8 Å². The van der Waals surface area contributed by atoms with Crippen LogP contribution in [0.25, 0.3) is 16.5 Å². The van der Waals surface area contributed by atoms with E-state index in [1.54, 1.807) is 17.8 Å². The third-order valence-corrected chi connectivity index (χ3v) is 5.41. The number of hydrogen-bond donors (Lipinski definition) is 1. The van der Waals surface area contributed by atoms with Gasteiger partial charge in [0, 0.05) is 33.7 Å². The van der Waals surface area contributed by atoms with Crippen LogP contribution in [-0.2, 0) is 4.79 Å². The predicted octanol–water partition coefficient (Wildman–Crippen LogP) is 6.21. The lowest BCUT2D eigenvalue weighted by atomic mass is 10.0. The number of rotatable bonds is 6. The highest BCUT2D eigenvalue weighted by Gasteiger charge is 2.14. The normalized spacial score (nSPS) is 11.7. The molecular weight excluding hydrogens is 370 g/mol. The lowest BCUT2D eigenvalue weighted by Gasteiger charge is -2.11.